The second kappa shape index (κ2) is 10.1. The highest BCUT2D eigenvalue weighted by Gasteiger charge is 2.20. The molecule has 44 heavy (non-hydrogen) atoms. The van der Waals surface area contributed by atoms with Gasteiger partial charge in [0, 0.05) is 25.0 Å². The molecule has 0 unspecified atom stereocenters. The number of aryl methyl sites for hydroxylation is 4. The Kier molecular flexibility index (Phi) is 5.98. The molecule has 0 saturated heterocycles. The lowest BCUT2D eigenvalue weighted by molar-refractivity contribution is 0.533. The van der Waals surface area contributed by atoms with E-state index in [4.69, 9.17) is 8.83 Å². The van der Waals surface area contributed by atoms with E-state index in [2.05, 4.69) is 119 Å². The van der Waals surface area contributed by atoms with Crippen LogP contribution in [0.5, 0.6) is 0 Å². The average Bonchev–Trinajstić information content (AvgIpc) is 3.58. The van der Waals surface area contributed by atoms with Gasteiger partial charge in [-0.3, -0.25) is 0 Å². The predicted molar refractivity (Wildman–Crippen MR) is 180 cm³/mol. The zero-order chi connectivity index (χ0) is 29.9. The van der Waals surface area contributed by atoms with E-state index in [0.717, 1.165) is 39.6 Å². The summed E-state index contributed by atoms with van der Waals surface area (Å²) in [5, 5.41) is 7.37. The molecule has 0 fully saturated rings. The maximum atomic E-state index is 5.93. The van der Waals surface area contributed by atoms with E-state index in [1.807, 2.05) is 27.7 Å². The maximum Gasteiger partial charge on any atom is 0.192 e. The summed E-state index contributed by atoms with van der Waals surface area (Å²) in [4.78, 5) is 8.95. The largest absolute Gasteiger partial charge is 0.441 e. The zero-order valence-corrected chi connectivity index (χ0v) is 25.1. The van der Waals surface area contributed by atoms with E-state index in [1.165, 1.54) is 49.0 Å². The first-order valence-corrected chi connectivity index (χ1v) is 14.9. The Morgan fingerprint density at radius 3 is 1.39 bits per heavy atom. The van der Waals surface area contributed by atoms with E-state index in [-0.39, 0.29) is 0 Å². The number of hydrogen-bond acceptors (Lipinski definition) is 4. The molecule has 2 heterocycles. The minimum atomic E-state index is 0.680. The van der Waals surface area contributed by atoms with E-state index in [1.54, 1.807) is 0 Å². The first kappa shape index (κ1) is 26.2. The summed E-state index contributed by atoms with van der Waals surface area (Å²) in [6.45, 7) is 7.76. The van der Waals surface area contributed by atoms with Crippen LogP contribution in [-0.2, 0) is 0 Å². The molecular weight excluding hydrogens is 540 g/mol. The van der Waals surface area contributed by atoms with Crippen molar-refractivity contribution in [3.63, 3.8) is 0 Å². The summed E-state index contributed by atoms with van der Waals surface area (Å²) in [7, 11) is 0. The monoisotopic (exact) mass is 570 g/mol. The van der Waals surface area contributed by atoms with Crippen LogP contribution in [0, 0.1) is 27.7 Å². The van der Waals surface area contributed by atoms with Gasteiger partial charge in [-0.05, 0) is 68.4 Å². The Morgan fingerprint density at radius 1 is 0.409 bits per heavy atom. The van der Waals surface area contributed by atoms with Crippen molar-refractivity contribution in [2.45, 2.75) is 27.7 Å². The number of fused-ring (bicyclic) bond motifs is 4. The summed E-state index contributed by atoms with van der Waals surface area (Å²) in [6.07, 6.45) is 0. The average molecular weight is 571 g/mol. The van der Waals surface area contributed by atoms with Crippen molar-refractivity contribution in [3.8, 4) is 44.9 Å². The molecule has 0 spiro atoms. The van der Waals surface area contributed by atoms with Gasteiger partial charge in [-0.25, -0.2) is 9.97 Å². The van der Waals surface area contributed by atoms with Crippen molar-refractivity contribution in [3.05, 3.63) is 132 Å². The van der Waals surface area contributed by atoms with Crippen LogP contribution in [0.3, 0.4) is 0 Å². The third kappa shape index (κ3) is 4.14. The molecule has 0 aliphatic heterocycles. The van der Waals surface area contributed by atoms with Crippen LogP contribution in [0.15, 0.2) is 118 Å². The van der Waals surface area contributed by atoms with Gasteiger partial charge in [0.05, 0.1) is 11.4 Å². The van der Waals surface area contributed by atoms with E-state index < -0.39 is 0 Å². The van der Waals surface area contributed by atoms with E-state index in [0.29, 0.717) is 11.8 Å². The lowest BCUT2D eigenvalue weighted by Crippen LogP contribution is -1.92. The van der Waals surface area contributed by atoms with Gasteiger partial charge in [-0.15, -0.1) is 0 Å². The summed E-state index contributed by atoms with van der Waals surface area (Å²) >= 11 is 0. The van der Waals surface area contributed by atoms with Gasteiger partial charge in [0.2, 0.25) is 0 Å². The molecule has 0 aliphatic rings. The molecule has 2 aromatic heterocycles. The molecule has 6 aromatic carbocycles. The SMILES string of the molecule is Cc1nc(C)c(-c2ccc(-c3c4ccccc4c(-c4ccc(-c5oc(C)nc5C)cc4)c4c3ccc3ccccc34)cc2)o1. The van der Waals surface area contributed by atoms with Crippen molar-refractivity contribution >= 4 is 32.3 Å². The molecule has 212 valence electrons. The predicted octanol–water partition coefficient (Wildman–Crippen LogP) is 11.0. The summed E-state index contributed by atoms with van der Waals surface area (Å²) in [5.41, 5.74) is 8.65. The molecule has 0 atom stereocenters. The van der Waals surface area contributed by atoms with Gasteiger partial charge in [-0.1, -0.05) is 109 Å². The lowest BCUT2D eigenvalue weighted by atomic mass is 9.83. The number of nitrogens with zero attached hydrogens (tertiary/aromatic N) is 2. The molecule has 4 nitrogen and oxygen atoms in total. The minimum absolute atomic E-state index is 0.680. The van der Waals surface area contributed by atoms with Crippen molar-refractivity contribution in [2.24, 2.45) is 0 Å². The van der Waals surface area contributed by atoms with Crippen molar-refractivity contribution < 1.29 is 8.83 Å². The quantitative estimate of drug-likeness (QED) is 0.156. The number of aromatic nitrogens is 2. The third-order valence-electron chi connectivity index (χ3n) is 8.59. The van der Waals surface area contributed by atoms with Gasteiger partial charge in [0.1, 0.15) is 0 Å². The van der Waals surface area contributed by atoms with E-state index in [9.17, 15) is 0 Å². The second-order valence-corrected chi connectivity index (χ2v) is 11.5. The van der Waals surface area contributed by atoms with E-state index >= 15 is 0 Å². The number of benzene rings is 6. The highest BCUT2D eigenvalue weighted by Crippen LogP contribution is 2.46. The summed E-state index contributed by atoms with van der Waals surface area (Å²) in [5.74, 6) is 3.01. The van der Waals surface area contributed by atoms with Crippen molar-refractivity contribution in [1.29, 1.82) is 0 Å². The Morgan fingerprint density at radius 2 is 0.864 bits per heavy atom. The first-order valence-electron chi connectivity index (χ1n) is 14.9. The Balaban J connectivity index is 1.40. The van der Waals surface area contributed by atoms with Crippen LogP contribution < -0.4 is 0 Å². The summed E-state index contributed by atoms with van der Waals surface area (Å²) in [6, 6.07) is 39.4. The fraction of sp³-hybridized carbons (Fsp3) is 0.100. The van der Waals surface area contributed by atoms with Gasteiger partial charge in [0.25, 0.3) is 0 Å². The normalized spacial score (nSPS) is 11.6. The van der Waals surface area contributed by atoms with Crippen LogP contribution >= 0.6 is 0 Å². The molecule has 0 N–H and O–H groups in total. The Bertz CT molecular complexity index is 2360. The summed E-state index contributed by atoms with van der Waals surface area (Å²) < 4.78 is 11.9. The molecule has 8 rings (SSSR count). The highest BCUT2D eigenvalue weighted by atomic mass is 16.4. The lowest BCUT2D eigenvalue weighted by Gasteiger charge is -2.19. The molecule has 0 bridgehead atoms. The molecule has 0 aliphatic carbocycles. The van der Waals surface area contributed by atoms with Crippen LogP contribution in [0.4, 0.5) is 0 Å². The number of rotatable bonds is 4. The fourth-order valence-electron chi connectivity index (χ4n) is 6.73. The topological polar surface area (TPSA) is 52.1 Å². The second-order valence-electron chi connectivity index (χ2n) is 11.5. The Labute approximate surface area is 255 Å². The number of oxazole rings is 2. The Hall–Kier alpha value is -5.48. The minimum Gasteiger partial charge on any atom is -0.441 e. The van der Waals surface area contributed by atoms with Crippen LogP contribution in [0.25, 0.3) is 77.2 Å². The van der Waals surface area contributed by atoms with Gasteiger partial charge < -0.3 is 8.83 Å². The molecular formula is C40H30N2O2. The molecule has 0 amide bonds. The number of hydrogen-bond donors (Lipinski definition) is 0. The highest BCUT2D eigenvalue weighted by molar-refractivity contribution is 6.27. The molecule has 0 radical (unpaired) electrons. The first-order chi connectivity index (χ1) is 21.5. The van der Waals surface area contributed by atoms with Crippen LogP contribution in [0.2, 0.25) is 0 Å². The van der Waals surface area contributed by atoms with Gasteiger partial charge in [-0.2, -0.15) is 0 Å². The van der Waals surface area contributed by atoms with Gasteiger partial charge >= 0.3 is 0 Å². The fourth-order valence-corrected chi connectivity index (χ4v) is 6.73. The smallest absolute Gasteiger partial charge is 0.192 e. The third-order valence-corrected chi connectivity index (χ3v) is 8.59. The molecule has 0 saturated carbocycles. The van der Waals surface area contributed by atoms with Crippen LogP contribution in [0.1, 0.15) is 23.2 Å². The van der Waals surface area contributed by atoms with Gasteiger partial charge in [0.15, 0.2) is 23.3 Å². The zero-order valence-electron chi connectivity index (χ0n) is 25.1. The molecule has 4 heteroatoms. The van der Waals surface area contributed by atoms with Crippen molar-refractivity contribution in [1.82, 2.24) is 9.97 Å². The van der Waals surface area contributed by atoms with Crippen molar-refractivity contribution in [2.75, 3.05) is 0 Å². The molecule has 8 aromatic rings. The standard InChI is InChI=1S/C40H30N2O2/c1-23-39(43-25(3)41-23)30-17-13-28(14-18-30)36-33-11-7-8-12-34(33)37(38-32-10-6-5-9-27(32)21-22-35(36)38)29-15-19-31(20-16-29)40-24(2)42-26(4)44-40/h5-22H,1-4H3. The maximum absolute atomic E-state index is 5.93. The van der Waals surface area contributed by atoms with Crippen LogP contribution in [-0.4, -0.2) is 9.97 Å².